The lowest BCUT2D eigenvalue weighted by Gasteiger charge is -2.18. The van der Waals surface area contributed by atoms with Crippen molar-refractivity contribution in [2.75, 3.05) is 24.3 Å². The van der Waals surface area contributed by atoms with Crippen LogP contribution in [0.15, 0.2) is 18.2 Å². The molecule has 0 saturated heterocycles. The van der Waals surface area contributed by atoms with Crippen molar-refractivity contribution in [1.82, 2.24) is 10.6 Å². The van der Waals surface area contributed by atoms with E-state index in [0.29, 0.717) is 11.4 Å². The molecule has 0 spiro atoms. The summed E-state index contributed by atoms with van der Waals surface area (Å²) in [6.07, 6.45) is -0.543. The molecule has 4 amide bonds. The summed E-state index contributed by atoms with van der Waals surface area (Å²) in [5.74, 6) is -0.465. The van der Waals surface area contributed by atoms with Gasteiger partial charge in [0.15, 0.2) is 0 Å². The minimum absolute atomic E-state index is 0.277. The zero-order valence-corrected chi connectivity index (χ0v) is 13.6. The van der Waals surface area contributed by atoms with Crippen LogP contribution in [0.1, 0.15) is 19.4 Å². The fraction of sp³-hybridized carbons (Fsp3) is 0.400. The van der Waals surface area contributed by atoms with Crippen LogP contribution in [0.3, 0.4) is 0 Å². The van der Waals surface area contributed by atoms with Crippen molar-refractivity contribution in [3.8, 4) is 0 Å². The van der Waals surface area contributed by atoms with E-state index in [1.807, 2.05) is 0 Å². The van der Waals surface area contributed by atoms with Crippen LogP contribution < -0.4 is 21.3 Å². The second-order valence-electron chi connectivity index (χ2n) is 4.76. The van der Waals surface area contributed by atoms with Gasteiger partial charge in [-0.2, -0.15) is 0 Å². The van der Waals surface area contributed by atoms with Crippen molar-refractivity contribution in [3.63, 3.8) is 0 Å². The molecule has 0 heterocycles. The molecule has 1 atom stereocenters. The van der Waals surface area contributed by atoms with Crippen molar-refractivity contribution < 1.29 is 19.1 Å². The van der Waals surface area contributed by atoms with E-state index in [-0.39, 0.29) is 6.61 Å². The fourth-order valence-electron chi connectivity index (χ4n) is 1.79. The molecular weight excluding hydrogens is 300 g/mol. The van der Waals surface area contributed by atoms with Crippen LogP contribution in [0.4, 0.5) is 21.0 Å². The Morgan fingerprint density at radius 2 is 1.87 bits per heavy atom. The quantitative estimate of drug-likeness (QED) is 0.661. The van der Waals surface area contributed by atoms with Gasteiger partial charge in [-0.15, -0.1) is 0 Å². The number of ether oxygens (including phenoxy) is 1. The van der Waals surface area contributed by atoms with E-state index in [1.54, 1.807) is 39.0 Å². The second kappa shape index (κ2) is 8.62. The molecule has 0 bridgehead atoms. The lowest BCUT2D eigenvalue weighted by atomic mass is 10.1. The normalized spacial score (nSPS) is 11.1. The fourth-order valence-corrected chi connectivity index (χ4v) is 1.79. The molecule has 1 aromatic rings. The average Bonchev–Trinajstić information content (AvgIpc) is 2.51. The molecule has 8 nitrogen and oxygen atoms in total. The van der Waals surface area contributed by atoms with E-state index < -0.39 is 24.1 Å². The van der Waals surface area contributed by atoms with Gasteiger partial charge in [-0.05, 0) is 38.5 Å². The zero-order chi connectivity index (χ0) is 17.4. The molecular formula is C15H22N4O4. The highest BCUT2D eigenvalue weighted by atomic mass is 16.5. The number of nitrogens with one attached hydrogen (secondary N) is 4. The van der Waals surface area contributed by atoms with Crippen molar-refractivity contribution in [2.45, 2.75) is 26.8 Å². The first-order valence-electron chi connectivity index (χ1n) is 7.21. The van der Waals surface area contributed by atoms with Crippen LogP contribution in [-0.4, -0.2) is 37.7 Å². The molecule has 126 valence electrons. The van der Waals surface area contributed by atoms with Crippen LogP contribution >= 0.6 is 0 Å². The smallest absolute Gasteiger partial charge is 0.411 e. The van der Waals surface area contributed by atoms with Gasteiger partial charge >= 0.3 is 12.1 Å². The van der Waals surface area contributed by atoms with Gasteiger partial charge in [0.1, 0.15) is 6.04 Å². The maximum atomic E-state index is 11.9. The molecule has 8 heteroatoms. The minimum Gasteiger partial charge on any atom is -0.450 e. The third-order valence-corrected chi connectivity index (χ3v) is 3.08. The third-order valence-electron chi connectivity index (χ3n) is 3.08. The highest BCUT2D eigenvalue weighted by Crippen LogP contribution is 2.24. The first kappa shape index (κ1) is 18.3. The van der Waals surface area contributed by atoms with Crippen LogP contribution in [0, 0.1) is 6.92 Å². The van der Waals surface area contributed by atoms with E-state index in [9.17, 15) is 14.4 Å². The Kier molecular flexibility index (Phi) is 6.85. The van der Waals surface area contributed by atoms with Crippen LogP contribution in [0.25, 0.3) is 0 Å². The summed E-state index contributed by atoms with van der Waals surface area (Å²) in [6, 6.07) is 4.03. The van der Waals surface area contributed by atoms with Gasteiger partial charge in [0, 0.05) is 18.4 Å². The highest BCUT2D eigenvalue weighted by molar-refractivity contribution is 5.98. The minimum atomic E-state index is -0.635. The largest absolute Gasteiger partial charge is 0.450 e. The molecule has 0 unspecified atom stereocenters. The maximum absolute atomic E-state index is 11.9. The molecule has 1 rings (SSSR count). The van der Waals surface area contributed by atoms with E-state index in [1.165, 1.54) is 7.05 Å². The van der Waals surface area contributed by atoms with E-state index in [0.717, 1.165) is 5.56 Å². The molecule has 0 aromatic heterocycles. The number of amides is 4. The van der Waals surface area contributed by atoms with Crippen LogP contribution in [0.5, 0.6) is 0 Å². The summed E-state index contributed by atoms with van der Waals surface area (Å²) >= 11 is 0. The van der Waals surface area contributed by atoms with Crippen LogP contribution in [-0.2, 0) is 9.53 Å². The van der Waals surface area contributed by atoms with Gasteiger partial charge in [0.05, 0.1) is 6.61 Å². The van der Waals surface area contributed by atoms with Crippen molar-refractivity contribution in [3.05, 3.63) is 23.8 Å². The number of carbonyl (C=O) groups excluding carboxylic acids is 3. The first-order valence-corrected chi connectivity index (χ1v) is 7.21. The lowest BCUT2D eigenvalue weighted by molar-refractivity contribution is -0.120. The van der Waals surface area contributed by atoms with Gasteiger partial charge in [0.25, 0.3) is 0 Å². The summed E-state index contributed by atoms with van der Waals surface area (Å²) < 4.78 is 4.84. The maximum Gasteiger partial charge on any atom is 0.411 e. The predicted molar refractivity (Wildman–Crippen MR) is 87.5 cm³/mol. The Labute approximate surface area is 135 Å². The van der Waals surface area contributed by atoms with Crippen molar-refractivity contribution >= 4 is 29.4 Å². The molecule has 1 aromatic carbocycles. The summed E-state index contributed by atoms with van der Waals surface area (Å²) in [4.78, 5) is 34.5. The Hall–Kier alpha value is -2.77. The Morgan fingerprint density at radius 3 is 2.48 bits per heavy atom. The van der Waals surface area contributed by atoms with Crippen LogP contribution in [0.2, 0.25) is 0 Å². The number of imide groups is 1. The molecule has 0 radical (unpaired) electrons. The second-order valence-corrected chi connectivity index (χ2v) is 4.76. The highest BCUT2D eigenvalue weighted by Gasteiger charge is 2.16. The standard InChI is InChI=1S/C15H22N4O4/c1-5-23-15(22)18-12-8-6-7-11(9(12)2)17-10(3)13(20)19-14(21)16-4/h6-8,10,17H,5H2,1-4H3,(H,18,22)(H2,16,19,20,21)/t10-/m1/s1. The molecule has 0 aliphatic heterocycles. The van der Waals surface area contributed by atoms with Crippen molar-refractivity contribution in [2.24, 2.45) is 0 Å². The zero-order valence-electron chi connectivity index (χ0n) is 13.6. The Balaban J connectivity index is 2.79. The van der Waals surface area contributed by atoms with Gasteiger partial charge in [-0.1, -0.05) is 6.07 Å². The lowest BCUT2D eigenvalue weighted by Crippen LogP contribution is -2.44. The summed E-state index contributed by atoms with van der Waals surface area (Å²) in [5, 5.41) is 10.1. The van der Waals surface area contributed by atoms with E-state index >= 15 is 0 Å². The number of rotatable bonds is 5. The van der Waals surface area contributed by atoms with Gasteiger partial charge in [0.2, 0.25) is 5.91 Å². The summed E-state index contributed by atoms with van der Waals surface area (Å²) in [7, 11) is 1.43. The Morgan fingerprint density at radius 1 is 1.22 bits per heavy atom. The number of hydrogen-bond donors (Lipinski definition) is 4. The number of anilines is 2. The predicted octanol–water partition coefficient (Wildman–Crippen LogP) is 1.82. The van der Waals surface area contributed by atoms with Gasteiger partial charge in [-0.25, -0.2) is 9.59 Å². The van der Waals surface area contributed by atoms with E-state index in [4.69, 9.17) is 4.74 Å². The number of urea groups is 1. The number of benzene rings is 1. The average molecular weight is 322 g/mol. The van der Waals surface area contributed by atoms with E-state index in [2.05, 4.69) is 21.3 Å². The first-order chi connectivity index (χ1) is 10.9. The third kappa shape index (κ3) is 5.50. The van der Waals surface area contributed by atoms with Gasteiger partial charge in [-0.3, -0.25) is 15.4 Å². The number of hydrogen-bond acceptors (Lipinski definition) is 5. The molecule has 0 fully saturated rings. The molecule has 0 saturated carbocycles. The van der Waals surface area contributed by atoms with Gasteiger partial charge < -0.3 is 15.4 Å². The monoisotopic (exact) mass is 322 g/mol. The summed E-state index contributed by atoms with van der Waals surface area (Å²) in [5.41, 5.74) is 1.99. The molecule has 0 aliphatic rings. The number of carbonyl (C=O) groups is 3. The molecule has 23 heavy (non-hydrogen) atoms. The van der Waals surface area contributed by atoms with Crippen molar-refractivity contribution in [1.29, 1.82) is 0 Å². The SMILES string of the molecule is CCOC(=O)Nc1cccc(N[C@H](C)C(=O)NC(=O)NC)c1C. The Bertz CT molecular complexity index is 589. The molecule has 0 aliphatic carbocycles. The molecule has 4 N–H and O–H groups in total. The summed E-state index contributed by atoms with van der Waals surface area (Å²) in [6.45, 7) is 5.42. The topological polar surface area (TPSA) is 109 Å².